The van der Waals surface area contributed by atoms with Gasteiger partial charge >= 0.3 is 0 Å². The van der Waals surface area contributed by atoms with Gasteiger partial charge in [-0.1, -0.05) is 42.5 Å². The van der Waals surface area contributed by atoms with E-state index in [0.717, 1.165) is 11.2 Å². The van der Waals surface area contributed by atoms with E-state index in [1.807, 2.05) is 45.8 Å². The minimum atomic E-state index is -0.126. The third kappa shape index (κ3) is 3.52. The predicted molar refractivity (Wildman–Crippen MR) is 115 cm³/mol. The Labute approximate surface area is 174 Å². The van der Waals surface area contributed by atoms with Crippen LogP contribution in [0, 0.1) is 0 Å². The molecule has 6 nitrogen and oxygen atoms in total. The van der Waals surface area contributed by atoms with Gasteiger partial charge in [0.15, 0.2) is 0 Å². The Morgan fingerprint density at radius 3 is 2.63 bits per heavy atom. The van der Waals surface area contributed by atoms with Crippen LogP contribution in [0.1, 0.15) is 22.5 Å². The van der Waals surface area contributed by atoms with Crippen molar-refractivity contribution >= 4 is 28.2 Å². The van der Waals surface area contributed by atoms with Gasteiger partial charge in [0.05, 0.1) is 0 Å². The Kier molecular flexibility index (Phi) is 4.67. The van der Waals surface area contributed by atoms with E-state index in [4.69, 9.17) is 0 Å². The van der Waals surface area contributed by atoms with E-state index < -0.39 is 0 Å². The highest BCUT2D eigenvalue weighted by molar-refractivity contribution is 5.93. The number of fused-ring (bicyclic) bond motifs is 2. The molecule has 0 spiro atoms. The topological polar surface area (TPSA) is 57.9 Å². The Bertz CT molecular complexity index is 1210. The Hall–Kier alpha value is -3.67. The molecule has 150 valence electrons. The standard InChI is InChI=1S/C24H22N4O2/c29-23-10-12-26(24(30)21-17-27-11-4-3-7-22(27)25-21)13-14-28(23)16-18-8-9-19-5-1-2-6-20(19)15-18/h1-9,11,15,17H,10,12-14,16H2. The fourth-order valence-corrected chi connectivity index (χ4v) is 3.99. The first-order valence-corrected chi connectivity index (χ1v) is 10.2. The van der Waals surface area contributed by atoms with Gasteiger partial charge in [-0.05, 0) is 34.5 Å². The van der Waals surface area contributed by atoms with Crippen LogP contribution in [0.2, 0.25) is 0 Å². The van der Waals surface area contributed by atoms with Crippen molar-refractivity contribution < 1.29 is 9.59 Å². The van der Waals surface area contributed by atoms with Crippen LogP contribution in [0.3, 0.4) is 0 Å². The molecule has 0 saturated carbocycles. The Balaban J connectivity index is 1.30. The summed E-state index contributed by atoms with van der Waals surface area (Å²) in [4.78, 5) is 33.7. The third-order valence-corrected chi connectivity index (χ3v) is 5.65. The Morgan fingerprint density at radius 1 is 0.933 bits per heavy atom. The van der Waals surface area contributed by atoms with Gasteiger partial charge in [0.25, 0.3) is 5.91 Å². The summed E-state index contributed by atoms with van der Waals surface area (Å²) in [5.41, 5.74) is 2.25. The molecular formula is C24H22N4O2. The zero-order valence-corrected chi connectivity index (χ0v) is 16.6. The lowest BCUT2D eigenvalue weighted by atomic mass is 10.1. The first kappa shape index (κ1) is 18.4. The molecule has 4 aromatic rings. The van der Waals surface area contributed by atoms with E-state index in [9.17, 15) is 9.59 Å². The summed E-state index contributed by atoms with van der Waals surface area (Å²) in [6, 6.07) is 20.2. The molecular weight excluding hydrogens is 376 g/mol. The van der Waals surface area contributed by atoms with Gasteiger partial charge in [0, 0.05) is 45.0 Å². The van der Waals surface area contributed by atoms with Gasteiger partial charge in [0.1, 0.15) is 11.3 Å². The van der Waals surface area contributed by atoms with E-state index in [1.54, 1.807) is 11.1 Å². The van der Waals surface area contributed by atoms with Crippen molar-refractivity contribution in [3.8, 4) is 0 Å². The van der Waals surface area contributed by atoms with Crippen molar-refractivity contribution in [1.29, 1.82) is 0 Å². The first-order valence-electron chi connectivity index (χ1n) is 10.2. The highest BCUT2D eigenvalue weighted by atomic mass is 16.2. The second-order valence-electron chi connectivity index (χ2n) is 7.63. The molecule has 30 heavy (non-hydrogen) atoms. The van der Waals surface area contributed by atoms with Gasteiger partial charge in [-0.2, -0.15) is 0 Å². The smallest absolute Gasteiger partial charge is 0.274 e. The van der Waals surface area contributed by atoms with Gasteiger partial charge < -0.3 is 14.2 Å². The lowest BCUT2D eigenvalue weighted by Crippen LogP contribution is -2.35. The SMILES string of the molecule is O=C1CCN(C(=O)c2cn3ccccc3n2)CCN1Cc1ccc2ccccc2c1. The lowest BCUT2D eigenvalue weighted by molar-refractivity contribution is -0.130. The van der Waals surface area contributed by atoms with Crippen molar-refractivity contribution in [2.24, 2.45) is 0 Å². The number of carbonyl (C=O) groups excluding carboxylic acids is 2. The summed E-state index contributed by atoms with van der Waals surface area (Å²) in [7, 11) is 0. The fourth-order valence-electron chi connectivity index (χ4n) is 3.99. The number of nitrogens with zero attached hydrogens (tertiary/aromatic N) is 4. The molecule has 2 aromatic carbocycles. The molecule has 6 heteroatoms. The maximum Gasteiger partial charge on any atom is 0.274 e. The summed E-state index contributed by atoms with van der Waals surface area (Å²) in [5.74, 6) is -0.0486. The molecule has 5 rings (SSSR count). The molecule has 1 aliphatic rings. The average Bonchev–Trinajstić information content (AvgIpc) is 3.13. The molecule has 2 aromatic heterocycles. The van der Waals surface area contributed by atoms with Crippen LogP contribution < -0.4 is 0 Å². The fraction of sp³-hybridized carbons (Fsp3) is 0.208. The van der Waals surface area contributed by atoms with Crippen molar-refractivity contribution in [3.63, 3.8) is 0 Å². The van der Waals surface area contributed by atoms with Crippen LogP contribution in [0.25, 0.3) is 16.4 Å². The molecule has 1 saturated heterocycles. The monoisotopic (exact) mass is 398 g/mol. The van der Waals surface area contributed by atoms with Crippen molar-refractivity contribution in [1.82, 2.24) is 19.2 Å². The van der Waals surface area contributed by atoms with Gasteiger partial charge in [-0.15, -0.1) is 0 Å². The minimum absolute atomic E-state index is 0.0773. The van der Waals surface area contributed by atoms with Crippen LogP contribution in [0.5, 0.6) is 0 Å². The molecule has 0 atom stereocenters. The van der Waals surface area contributed by atoms with Gasteiger partial charge in [-0.3, -0.25) is 9.59 Å². The van der Waals surface area contributed by atoms with Crippen LogP contribution in [-0.2, 0) is 11.3 Å². The van der Waals surface area contributed by atoms with E-state index in [1.165, 1.54) is 10.8 Å². The summed E-state index contributed by atoms with van der Waals surface area (Å²) in [5, 5.41) is 2.36. The number of amides is 2. The van der Waals surface area contributed by atoms with E-state index in [-0.39, 0.29) is 11.8 Å². The number of carbonyl (C=O) groups is 2. The van der Waals surface area contributed by atoms with Crippen molar-refractivity contribution in [2.45, 2.75) is 13.0 Å². The molecule has 0 unspecified atom stereocenters. The van der Waals surface area contributed by atoms with Crippen LogP contribution in [0.15, 0.2) is 73.1 Å². The quantitative estimate of drug-likeness (QED) is 0.532. The van der Waals surface area contributed by atoms with E-state index in [0.29, 0.717) is 38.3 Å². The molecule has 1 fully saturated rings. The molecule has 0 radical (unpaired) electrons. The molecule has 0 aliphatic carbocycles. The van der Waals surface area contributed by atoms with Crippen LogP contribution >= 0.6 is 0 Å². The van der Waals surface area contributed by atoms with Gasteiger partial charge in [-0.25, -0.2) is 4.98 Å². The first-order chi connectivity index (χ1) is 14.7. The zero-order chi connectivity index (χ0) is 20.5. The molecule has 2 amide bonds. The summed E-state index contributed by atoms with van der Waals surface area (Å²) < 4.78 is 1.84. The largest absolute Gasteiger partial charge is 0.337 e. The highest BCUT2D eigenvalue weighted by Gasteiger charge is 2.26. The number of pyridine rings is 1. The van der Waals surface area contributed by atoms with Crippen LogP contribution in [-0.4, -0.2) is 50.6 Å². The number of rotatable bonds is 3. The van der Waals surface area contributed by atoms with Crippen molar-refractivity contribution in [2.75, 3.05) is 19.6 Å². The number of benzene rings is 2. The second kappa shape index (κ2) is 7.63. The van der Waals surface area contributed by atoms with Crippen LogP contribution in [0.4, 0.5) is 0 Å². The van der Waals surface area contributed by atoms with E-state index >= 15 is 0 Å². The molecule has 0 N–H and O–H groups in total. The Morgan fingerprint density at radius 2 is 1.77 bits per heavy atom. The highest BCUT2D eigenvalue weighted by Crippen LogP contribution is 2.18. The molecule has 0 bridgehead atoms. The average molecular weight is 398 g/mol. The summed E-state index contributed by atoms with van der Waals surface area (Å²) >= 11 is 0. The lowest BCUT2D eigenvalue weighted by Gasteiger charge is -2.22. The normalized spacial score (nSPS) is 15.0. The maximum absolute atomic E-state index is 13.0. The number of imidazole rings is 1. The zero-order valence-electron chi connectivity index (χ0n) is 16.6. The minimum Gasteiger partial charge on any atom is -0.337 e. The summed E-state index contributed by atoms with van der Waals surface area (Å²) in [6.07, 6.45) is 3.94. The third-order valence-electron chi connectivity index (χ3n) is 5.65. The molecule has 1 aliphatic heterocycles. The predicted octanol–water partition coefficient (Wildman–Crippen LogP) is 3.36. The number of hydrogen-bond acceptors (Lipinski definition) is 3. The van der Waals surface area contributed by atoms with Gasteiger partial charge in [0.2, 0.25) is 5.91 Å². The second-order valence-corrected chi connectivity index (χ2v) is 7.63. The number of aromatic nitrogens is 2. The summed E-state index contributed by atoms with van der Waals surface area (Å²) in [6.45, 7) is 2.00. The maximum atomic E-state index is 13.0. The number of hydrogen-bond donors (Lipinski definition) is 0. The molecule has 3 heterocycles. The van der Waals surface area contributed by atoms with E-state index in [2.05, 4.69) is 35.3 Å². The van der Waals surface area contributed by atoms with Crippen molar-refractivity contribution in [3.05, 3.63) is 84.3 Å².